The lowest BCUT2D eigenvalue weighted by molar-refractivity contribution is 0.0653. The molecule has 2 atom stereocenters. The van der Waals surface area contributed by atoms with Crippen molar-refractivity contribution in [3.05, 3.63) is 23.4 Å². The summed E-state index contributed by atoms with van der Waals surface area (Å²) in [5.41, 5.74) is 0.893. The second kappa shape index (κ2) is 6.04. The van der Waals surface area contributed by atoms with Gasteiger partial charge in [0.2, 0.25) is 5.88 Å². The van der Waals surface area contributed by atoms with Crippen LogP contribution in [0, 0.1) is 12.8 Å². The minimum atomic E-state index is -0.968. The SMILES string of the molecule is CCC1CCCCC1Oc1nccc(C)c1C(=O)O. The lowest BCUT2D eigenvalue weighted by Crippen LogP contribution is -2.30. The minimum absolute atomic E-state index is 0.103. The standard InChI is InChI=1S/C15H21NO3/c1-3-11-6-4-5-7-12(11)19-14-13(15(17)18)10(2)8-9-16-14/h8-9,11-12H,3-7H2,1-2H3,(H,17,18). The van der Waals surface area contributed by atoms with Crippen molar-refractivity contribution < 1.29 is 14.6 Å². The Morgan fingerprint density at radius 3 is 2.89 bits per heavy atom. The summed E-state index contributed by atoms with van der Waals surface area (Å²) < 4.78 is 5.94. The molecule has 1 saturated carbocycles. The number of ether oxygens (including phenoxy) is 1. The maximum absolute atomic E-state index is 11.3. The van der Waals surface area contributed by atoms with Gasteiger partial charge < -0.3 is 9.84 Å². The summed E-state index contributed by atoms with van der Waals surface area (Å²) in [6, 6.07) is 1.70. The Bertz CT molecular complexity index is 459. The van der Waals surface area contributed by atoms with Crippen LogP contribution in [0.15, 0.2) is 12.3 Å². The van der Waals surface area contributed by atoms with Gasteiger partial charge in [0.1, 0.15) is 11.7 Å². The zero-order valence-corrected chi connectivity index (χ0v) is 11.6. The van der Waals surface area contributed by atoms with E-state index in [-0.39, 0.29) is 17.5 Å². The molecule has 2 unspecified atom stereocenters. The van der Waals surface area contributed by atoms with Gasteiger partial charge in [-0.15, -0.1) is 0 Å². The Morgan fingerprint density at radius 2 is 2.21 bits per heavy atom. The van der Waals surface area contributed by atoms with Gasteiger partial charge in [0.15, 0.2) is 0 Å². The van der Waals surface area contributed by atoms with Crippen LogP contribution >= 0.6 is 0 Å². The predicted molar refractivity (Wildman–Crippen MR) is 72.6 cm³/mol. The number of nitrogens with zero attached hydrogens (tertiary/aromatic N) is 1. The lowest BCUT2D eigenvalue weighted by Gasteiger charge is -2.31. The van der Waals surface area contributed by atoms with E-state index < -0.39 is 5.97 Å². The summed E-state index contributed by atoms with van der Waals surface area (Å²) in [4.78, 5) is 15.4. The zero-order chi connectivity index (χ0) is 13.8. The number of rotatable bonds is 4. The van der Waals surface area contributed by atoms with Gasteiger partial charge in [-0.1, -0.05) is 13.3 Å². The number of aryl methyl sites for hydroxylation is 1. The van der Waals surface area contributed by atoms with Crippen LogP contribution in [-0.2, 0) is 0 Å². The van der Waals surface area contributed by atoms with Crippen molar-refractivity contribution >= 4 is 5.97 Å². The fraction of sp³-hybridized carbons (Fsp3) is 0.600. The van der Waals surface area contributed by atoms with Gasteiger partial charge in [-0.2, -0.15) is 0 Å². The molecule has 19 heavy (non-hydrogen) atoms. The molecule has 1 aliphatic carbocycles. The van der Waals surface area contributed by atoms with Crippen LogP contribution in [0.4, 0.5) is 0 Å². The highest BCUT2D eigenvalue weighted by molar-refractivity contribution is 5.91. The Labute approximate surface area is 113 Å². The van der Waals surface area contributed by atoms with E-state index in [4.69, 9.17) is 4.74 Å². The van der Waals surface area contributed by atoms with Gasteiger partial charge in [-0.25, -0.2) is 9.78 Å². The third-order valence-corrected chi connectivity index (χ3v) is 3.97. The Balaban J connectivity index is 2.22. The van der Waals surface area contributed by atoms with Gasteiger partial charge >= 0.3 is 5.97 Å². The summed E-state index contributed by atoms with van der Waals surface area (Å²) in [7, 11) is 0. The number of carbonyl (C=O) groups is 1. The molecular weight excluding hydrogens is 242 g/mol. The van der Waals surface area contributed by atoms with E-state index in [1.165, 1.54) is 6.42 Å². The summed E-state index contributed by atoms with van der Waals surface area (Å²) in [5.74, 6) is -0.181. The monoisotopic (exact) mass is 263 g/mol. The molecule has 0 radical (unpaired) electrons. The zero-order valence-electron chi connectivity index (χ0n) is 11.6. The first kappa shape index (κ1) is 13.8. The first-order valence-corrected chi connectivity index (χ1v) is 6.99. The van der Waals surface area contributed by atoms with Crippen molar-refractivity contribution in [3.63, 3.8) is 0 Å². The molecule has 1 N–H and O–H groups in total. The van der Waals surface area contributed by atoms with Crippen molar-refractivity contribution in [2.24, 2.45) is 5.92 Å². The molecule has 4 nitrogen and oxygen atoms in total. The van der Waals surface area contributed by atoms with Gasteiger partial charge in [-0.05, 0) is 50.2 Å². The summed E-state index contributed by atoms with van der Waals surface area (Å²) in [6.45, 7) is 3.93. The van der Waals surface area contributed by atoms with Crippen LogP contribution in [0.1, 0.15) is 54.9 Å². The molecule has 4 heteroatoms. The van der Waals surface area contributed by atoms with Crippen LogP contribution in [0.5, 0.6) is 5.88 Å². The third kappa shape index (κ3) is 3.06. The molecule has 1 aromatic heterocycles. The number of hydrogen-bond acceptors (Lipinski definition) is 3. The van der Waals surface area contributed by atoms with Crippen LogP contribution in [0.3, 0.4) is 0 Å². The number of aromatic carboxylic acids is 1. The second-order valence-electron chi connectivity index (χ2n) is 5.22. The molecule has 0 aliphatic heterocycles. The van der Waals surface area contributed by atoms with Gasteiger partial charge in [-0.3, -0.25) is 0 Å². The maximum Gasteiger partial charge on any atom is 0.341 e. The van der Waals surface area contributed by atoms with Crippen molar-refractivity contribution in [1.82, 2.24) is 4.98 Å². The van der Waals surface area contributed by atoms with Crippen molar-refractivity contribution in [3.8, 4) is 5.88 Å². The molecule has 0 aromatic carbocycles. The summed E-state index contributed by atoms with van der Waals surface area (Å²) >= 11 is 0. The van der Waals surface area contributed by atoms with Gasteiger partial charge in [0.25, 0.3) is 0 Å². The normalized spacial score (nSPS) is 23.1. The topological polar surface area (TPSA) is 59.4 Å². The molecule has 1 heterocycles. The molecule has 0 spiro atoms. The van der Waals surface area contributed by atoms with Crippen molar-refractivity contribution in [2.45, 2.75) is 52.1 Å². The molecule has 0 bridgehead atoms. The molecule has 0 saturated heterocycles. The average molecular weight is 263 g/mol. The third-order valence-electron chi connectivity index (χ3n) is 3.97. The number of aromatic nitrogens is 1. The predicted octanol–water partition coefficient (Wildman–Crippen LogP) is 3.44. The highest BCUT2D eigenvalue weighted by Gasteiger charge is 2.27. The van der Waals surface area contributed by atoms with Crippen LogP contribution in [-0.4, -0.2) is 22.2 Å². The first-order valence-electron chi connectivity index (χ1n) is 6.99. The molecule has 1 aromatic rings. The Kier molecular flexibility index (Phi) is 4.40. The molecular formula is C15H21NO3. The summed E-state index contributed by atoms with van der Waals surface area (Å²) in [5, 5.41) is 9.28. The summed E-state index contributed by atoms with van der Waals surface area (Å²) in [6.07, 6.45) is 7.33. The molecule has 1 fully saturated rings. The van der Waals surface area contributed by atoms with Crippen molar-refractivity contribution in [1.29, 1.82) is 0 Å². The van der Waals surface area contributed by atoms with E-state index in [2.05, 4.69) is 11.9 Å². The first-order chi connectivity index (χ1) is 9.13. The van der Waals surface area contributed by atoms with E-state index in [1.807, 2.05) is 0 Å². The molecule has 2 rings (SSSR count). The molecule has 0 amide bonds. The fourth-order valence-electron chi connectivity index (χ4n) is 2.82. The smallest absolute Gasteiger partial charge is 0.341 e. The van der Waals surface area contributed by atoms with E-state index in [0.29, 0.717) is 11.5 Å². The number of pyridine rings is 1. The average Bonchev–Trinajstić information content (AvgIpc) is 2.39. The minimum Gasteiger partial charge on any atom is -0.477 e. The van der Waals surface area contributed by atoms with Gasteiger partial charge in [0.05, 0.1) is 0 Å². The van der Waals surface area contributed by atoms with E-state index >= 15 is 0 Å². The highest BCUT2D eigenvalue weighted by Crippen LogP contribution is 2.31. The van der Waals surface area contributed by atoms with Crippen LogP contribution < -0.4 is 4.74 Å². The number of hydrogen-bond donors (Lipinski definition) is 1. The largest absolute Gasteiger partial charge is 0.477 e. The maximum atomic E-state index is 11.3. The number of carboxylic acid groups (broad SMARTS) is 1. The van der Waals surface area contributed by atoms with E-state index in [1.54, 1.807) is 19.2 Å². The Morgan fingerprint density at radius 1 is 1.47 bits per heavy atom. The molecule has 104 valence electrons. The van der Waals surface area contributed by atoms with Crippen LogP contribution in [0.25, 0.3) is 0 Å². The Hall–Kier alpha value is -1.58. The molecule has 1 aliphatic rings. The van der Waals surface area contributed by atoms with E-state index in [9.17, 15) is 9.90 Å². The lowest BCUT2D eigenvalue weighted by atomic mass is 9.85. The quantitative estimate of drug-likeness (QED) is 0.904. The second-order valence-corrected chi connectivity index (χ2v) is 5.22. The highest BCUT2D eigenvalue weighted by atomic mass is 16.5. The fourth-order valence-corrected chi connectivity index (χ4v) is 2.82. The van der Waals surface area contributed by atoms with Crippen molar-refractivity contribution in [2.75, 3.05) is 0 Å². The van der Waals surface area contributed by atoms with E-state index in [0.717, 1.165) is 25.7 Å². The van der Waals surface area contributed by atoms with Gasteiger partial charge in [0, 0.05) is 6.20 Å². The van der Waals surface area contributed by atoms with Crippen LogP contribution in [0.2, 0.25) is 0 Å². The number of carboxylic acids is 1.